The molecule has 2 aromatic rings. The van der Waals surface area contributed by atoms with E-state index in [-0.39, 0.29) is 6.10 Å². The second kappa shape index (κ2) is 12.6. The van der Waals surface area contributed by atoms with E-state index in [0.717, 1.165) is 36.4 Å². The van der Waals surface area contributed by atoms with Crippen molar-refractivity contribution in [3.05, 3.63) is 46.5 Å². The number of pyridine rings is 1. The third-order valence-corrected chi connectivity index (χ3v) is 7.28. The Bertz CT molecular complexity index is 1040. The first kappa shape index (κ1) is 25.8. The Hall–Kier alpha value is -2.78. The van der Waals surface area contributed by atoms with Crippen LogP contribution in [0.25, 0.3) is 0 Å². The molecule has 2 heterocycles. The molecular weight excluding hydrogens is 444 g/mol. The van der Waals surface area contributed by atoms with E-state index in [1.807, 2.05) is 26.1 Å². The molecule has 1 aliphatic heterocycles. The van der Waals surface area contributed by atoms with Gasteiger partial charge in [0.2, 0.25) is 0 Å². The minimum absolute atomic E-state index is 0.0597. The van der Waals surface area contributed by atoms with E-state index >= 15 is 0 Å². The molecule has 180 valence electrons. The minimum atomic E-state index is 0.0597. The van der Waals surface area contributed by atoms with Gasteiger partial charge in [-0.25, -0.2) is 4.98 Å². The Kier molecular flexibility index (Phi) is 9.59. The molecule has 1 fully saturated rings. The highest BCUT2D eigenvalue weighted by atomic mass is 32.2. The average molecular weight is 479 g/mol. The second-order valence-electron chi connectivity index (χ2n) is 8.21. The van der Waals surface area contributed by atoms with Crippen LogP contribution in [0.1, 0.15) is 43.0 Å². The van der Waals surface area contributed by atoms with Gasteiger partial charge in [0.15, 0.2) is 0 Å². The first-order chi connectivity index (χ1) is 16.6. The molecule has 0 spiro atoms. The van der Waals surface area contributed by atoms with Crippen LogP contribution in [-0.2, 0) is 16.9 Å². The highest BCUT2D eigenvalue weighted by Crippen LogP contribution is 2.34. The predicted molar refractivity (Wildman–Crippen MR) is 138 cm³/mol. The third-order valence-electron chi connectivity index (χ3n) is 6.24. The Labute approximate surface area is 207 Å². The van der Waals surface area contributed by atoms with Gasteiger partial charge in [0, 0.05) is 38.1 Å². The third kappa shape index (κ3) is 6.01. The standard InChI is InChI=1S/C26H34N6OS/c1-5-22-23(14-27)25(32-12-13-33-21(17-32)16-31(6-2)7-3)30-26(24(22)15-28)34-18-19-8-10-20(29-4)11-9-19/h8-11,21,29H,5-7,12-13,16-18H2,1-4H3. The van der Waals surface area contributed by atoms with Gasteiger partial charge in [0.1, 0.15) is 23.0 Å². The molecule has 1 aromatic heterocycles. The van der Waals surface area contributed by atoms with Gasteiger partial charge in [-0.15, -0.1) is 11.8 Å². The van der Waals surface area contributed by atoms with E-state index in [2.05, 4.69) is 53.2 Å². The summed E-state index contributed by atoms with van der Waals surface area (Å²) in [5.41, 5.74) is 4.04. The van der Waals surface area contributed by atoms with E-state index in [1.165, 1.54) is 0 Å². The van der Waals surface area contributed by atoms with E-state index in [4.69, 9.17) is 9.72 Å². The van der Waals surface area contributed by atoms with Crippen LogP contribution in [-0.4, -0.2) is 62.4 Å². The van der Waals surface area contributed by atoms with Gasteiger partial charge < -0.3 is 19.9 Å². The number of morpholine rings is 1. The number of aromatic nitrogens is 1. The molecule has 1 aliphatic rings. The summed E-state index contributed by atoms with van der Waals surface area (Å²) >= 11 is 1.55. The fraction of sp³-hybridized carbons (Fsp3) is 0.500. The van der Waals surface area contributed by atoms with Crippen molar-refractivity contribution in [1.29, 1.82) is 10.5 Å². The van der Waals surface area contributed by atoms with Crippen molar-refractivity contribution in [2.24, 2.45) is 0 Å². The molecule has 8 heteroatoms. The van der Waals surface area contributed by atoms with Crippen molar-refractivity contribution in [3.8, 4) is 12.1 Å². The molecule has 1 N–H and O–H groups in total. The van der Waals surface area contributed by atoms with Crippen LogP contribution in [0.4, 0.5) is 11.5 Å². The molecule has 34 heavy (non-hydrogen) atoms. The van der Waals surface area contributed by atoms with Gasteiger partial charge in [-0.3, -0.25) is 0 Å². The van der Waals surface area contributed by atoms with Crippen LogP contribution in [0.2, 0.25) is 0 Å². The minimum Gasteiger partial charge on any atom is -0.388 e. The largest absolute Gasteiger partial charge is 0.388 e. The molecule has 1 saturated heterocycles. The Morgan fingerprint density at radius 3 is 2.44 bits per heavy atom. The second-order valence-corrected chi connectivity index (χ2v) is 9.17. The zero-order valence-corrected chi connectivity index (χ0v) is 21.4. The first-order valence-electron chi connectivity index (χ1n) is 11.9. The number of hydrogen-bond acceptors (Lipinski definition) is 8. The number of anilines is 2. The lowest BCUT2D eigenvalue weighted by Crippen LogP contribution is -2.48. The number of benzene rings is 1. The molecule has 3 rings (SSSR count). The summed E-state index contributed by atoms with van der Waals surface area (Å²) < 4.78 is 6.04. The number of ether oxygens (including phenoxy) is 1. The van der Waals surface area contributed by atoms with Crippen LogP contribution >= 0.6 is 11.8 Å². The molecule has 0 bridgehead atoms. The SMILES string of the molecule is CCc1c(C#N)c(SCc2ccc(NC)cc2)nc(N2CCOC(CN(CC)CC)C2)c1C#N. The van der Waals surface area contributed by atoms with E-state index in [0.29, 0.717) is 53.8 Å². The highest BCUT2D eigenvalue weighted by molar-refractivity contribution is 7.98. The van der Waals surface area contributed by atoms with Crippen molar-refractivity contribution in [2.75, 3.05) is 56.6 Å². The van der Waals surface area contributed by atoms with Gasteiger partial charge in [0.05, 0.1) is 23.8 Å². The summed E-state index contributed by atoms with van der Waals surface area (Å²) in [6, 6.07) is 12.9. The summed E-state index contributed by atoms with van der Waals surface area (Å²) in [6.45, 7) is 11.1. The van der Waals surface area contributed by atoms with Gasteiger partial charge >= 0.3 is 0 Å². The summed E-state index contributed by atoms with van der Waals surface area (Å²) in [5, 5.41) is 23.8. The quantitative estimate of drug-likeness (QED) is 0.507. The lowest BCUT2D eigenvalue weighted by Gasteiger charge is -2.36. The van der Waals surface area contributed by atoms with E-state index in [9.17, 15) is 10.5 Å². The maximum Gasteiger partial charge on any atom is 0.148 e. The van der Waals surface area contributed by atoms with E-state index in [1.54, 1.807) is 11.8 Å². The predicted octanol–water partition coefficient (Wildman–Crippen LogP) is 4.27. The summed E-state index contributed by atoms with van der Waals surface area (Å²) in [4.78, 5) is 9.43. The number of likely N-dealkylation sites (N-methyl/N-ethyl adjacent to an activating group) is 1. The maximum absolute atomic E-state index is 10.0. The number of hydrogen-bond donors (Lipinski definition) is 1. The van der Waals surface area contributed by atoms with Crippen molar-refractivity contribution < 1.29 is 4.74 Å². The maximum atomic E-state index is 10.0. The normalized spacial score (nSPS) is 15.7. The monoisotopic (exact) mass is 478 g/mol. The zero-order valence-electron chi connectivity index (χ0n) is 20.6. The van der Waals surface area contributed by atoms with Crippen LogP contribution in [0.3, 0.4) is 0 Å². The molecule has 0 saturated carbocycles. The van der Waals surface area contributed by atoms with Crippen molar-refractivity contribution in [1.82, 2.24) is 9.88 Å². The fourth-order valence-corrected chi connectivity index (χ4v) is 5.19. The average Bonchev–Trinajstić information content (AvgIpc) is 2.89. The van der Waals surface area contributed by atoms with Crippen molar-refractivity contribution in [3.63, 3.8) is 0 Å². The Balaban J connectivity index is 1.91. The smallest absolute Gasteiger partial charge is 0.148 e. The zero-order chi connectivity index (χ0) is 24.5. The fourth-order valence-electron chi connectivity index (χ4n) is 4.23. The molecular formula is C26H34N6OS. The Morgan fingerprint density at radius 1 is 1.15 bits per heavy atom. The van der Waals surface area contributed by atoms with Crippen LogP contribution in [0.15, 0.2) is 29.3 Å². The molecule has 1 aromatic carbocycles. The van der Waals surface area contributed by atoms with Gasteiger partial charge in [0.25, 0.3) is 0 Å². The molecule has 7 nitrogen and oxygen atoms in total. The van der Waals surface area contributed by atoms with Crippen molar-refractivity contribution >= 4 is 23.3 Å². The summed E-state index contributed by atoms with van der Waals surface area (Å²) in [7, 11) is 1.90. The summed E-state index contributed by atoms with van der Waals surface area (Å²) in [5.74, 6) is 1.38. The molecule has 1 atom stereocenters. The topological polar surface area (TPSA) is 88.2 Å². The molecule has 0 radical (unpaired) electrons. The molecule has 0 amide bonds. The summed E-state index contributed by atoms with van der Waals surface area (Å²) in [6.07, 6.45) is 0.670. The van der Waals surface area contributed by atoms with Crippen LogP contribution in [0, 0.1) is 22.7 Å². The number of nitriles is 2. The van der Waals surface area contributed by atoms with Gasteiger partial charge in [-0.1, -0.05) is 32.9 Å². The number of thioether (sulfide) groups is 1. The number of nitrogens with zero attached hydrogens (tertiary/aromatic N) is 5. The first-order valence-corrected chi connectivity index (χ1v) is 12.9. The highest BCUT2D eigenvalue weighted by Gasteiger charge is 2.28. The molecule has 1 unspecified atom stereocenters. The van der Waals surface area contributed by atoms with Crippen LogP contribution in [0.5, 0.6) is 0 Å². The van der Waals surface area contributed by atoms with Crippen molar-refractivity contribution in [2.45, 2.75) is 44.1 Å². The Morgan fingerprint density at radius 2 is 1.85 bits per heavy atom. The lowest BCUT2D eigenvalue weighted by molar-refractivity contribution is 0.0174. The van der Waals surface area contributed by atoms with Gasteiger partial charge in [-0.2, -0.15) is 10.5 Å². The van der Waals surface area contributed by atoms with Gasteiger partial charge in [-0.05, 0) is 42.8 Å². The lowest BCUT2D eigenvalue weighted by atomic mass is 10.0. The number of rotatable bonds is 10. The van der Waals surface area contributed by atoms with Crippen LogP contribution < -0.4 is 10.2 Å². The molecule has 0 aliphatic carbocycles. The van der Waals surface area contributed by atoms with E-state index < -0.39 is 0 Å². The number of nitrogens with one attached hydrogen (secondary N) is 1.